The fourth-order valence-electron chi connectivity index (χ4n) is 3.55. The fourth-order valence-corrected chi connectivity index (χ4v) is 4.60. The SMILES string of the molecule is CC(=O)N1CCc2cc(NC(=O)C(Sc3ccccc3)c3ccccc3)ccc21. The number of nitrogens with one attached hydrogen (secondary N) is 1. The Morgan fingerprint density at radius 3 is 2.34 bits per heavy atom. The van der Waals surface area contributed by atoms with Crippen molar-refractivity contribution in [2.24, 2.45) is 0 Å². The zero-order chi connectivity index (χ0) is 20.2. The first-order valence-corrected chi connectivity index (χ1v) is 10.5. The molecule has 3 aromatic carbocycles. The van der Waals surface area contributed by atoms with Crippen molar-refractivity contribution in [3.8, 4) is 0 Å². The third-order valence-electron chi connectivity index (χ3n) is 4.96. The highest BCUT2D eigenvalue weighted by molar-refractivity contribution is 8.00. The maximum Gasteiger partial charge on any atom is 0.242 e. The highest BCUT2D eigenvalue weighted by Crippen LogP contribution is 2.37. The van der Waals surface area contributed by atoms with Gasteiger partial charge in [-0.15, -0.1) is 11.8 Å². The number of fused-ring (bicyclic) bond motifs is 1. The van der Waals surface area contributed by atoms with Gasteiger partial charge < -0.3 is 10.2 Å². The molecule has 5 heteroatoms. The second kappa shape index (κ2) is 8.53. The summed E-state index contributed by atoms with van der Waals surface area (Å²) in [6.45, 7) is 2.27. The molecule has 0 aliphatic carbocycles. The number of carbonyl (C=O) groups excluding carboxylic acids is 2. The van der Waals surface area contributed by atoms with Crippen LogP contribution in [0.2, 0.25) is 0 Å². The average molecular weight is 403 g/mol. The van der Waals surface area contributed by atoms with Crippen LogP contribution in [0.5, 0.6) is 0 Å². The Kier molecular flexibility index (Phi) is 5.67. The molecule has 146 valence electrons. The first-order chi connectivity index (χ1) is 14.1. The number of benzene rings is 3. The quantitative estimate of drug-likeness (QED) is 0.606. The van der Waals surface area contributed by atoms with Crippen molar-refractivity contribution >= 4 is 35.0 Å². The number of anilines is 2. The van der Waals surface area contributed by atoms with Gasteiger partial charge in [-0.05, 0) is 47.9 Å². The van der Waals surface area contributed by atoms with Crippen LogP contribution in [0.3, 0.4) is 0 Å². The number of hydrogen-bond donors (Lipinski definition) is 1. The zero-order valence-electron chi connectivity index (χ0n) is 16.2. The van der Waals surface area contributed by atoms with Gasteiger partial charge in [0.15, 0.2) is 0 Å². The van der Waals surface area contributed by atoms with Crippen LogP contribution in [-0.4, -0.2) is 18.4 Å². The summed E-state index contributed by atoms with van der Waals surface area (Å²) in [6, 6.07) is 25.5. The van der Waals surface area contributed by atoms with Gasteiger partial charge in [0, 0.05) is 29.7 Å². The van der Waals surface area contributed by atoms with E-state index in [0.29, 0.717) is 6.54 Å². The van der Waals surface area contributed by atoms with Crippen LogP contribution in [0, 0.1) is 0 Å². The lowest BCUT2D eigenvalue weighted by molar-refractivity contribution is -0.117. The van der Waals surface area contributed by atoms with Crippen molar-refractivity contribution in [1.29, 1.82) is 0 Å². The Morgan fingerprint density at radius 2 is 1.66 bits per heavy atom. The van der Waals surface area contributed by atoms with Crippen LogP contribution >= 0.6 is 11.8 Å². The van der Waals surface area contributed by atoms with Crippen LogP contribution in [0.4, 0.5) is 11.4 Å². The van der Waals surface area contributed by atoms with Gasteiger partial charge >= 0.3 is 0 Å². The molecule has 29 heavy (non-hydrogen) atoms. The van der Waals surface area contributed by atoms with E-state index in [-0.39, 0.29) is 17.1 Å². The third-order valence-corrected chi connectivity index (χ3v) is 6.23. The van der Waals surface area contributed by atoms with E-state index in [1.165, 1.54) is 11.8 Å². The van der Waals surface area contributed by atoms with Crippen molar-refractivity contribution < 1.29 is 9.59 Å². The van der Waals surface area contributed by atoms with Crippen LogP contribution < -0.4 is 10.2 Å². The summed E-state index contributed by atoms with van der Waals surface area (Å²) < 4.78 is 0. The zero-order valence-corrected chi connectivity index (χ0v) is 17.0. The van der Waals surface area contributed by atoms with Gasteiger partial charge in [0.25, 0.3) is 0 Å². The minimum Gasteiger partial charge on any atom is -0.325 e. The van der Waals surface area contributed by atoms with Crippen LogP contribution in [0.1, 0.15) is 23.3 Å². The standard InChI is InChI=1S/C24H22N2O2S/c1-17(27)26-15-14-19-16-20(12-13-22(19)26)25-24(28)23(18-8-4-2-5-9-18)29-21-10-6-3-7-11-21/h2-13,16,23H,14-15H2,1H3,(H,25,28). The summed E-state index contributed by atoms with van der Waals surface area (Å²) in [5, 5.41) is 2.71. The molecule has 1 unspecified atom stereocenters. The lowest BCUT2D eigenvalue weighted by atomic mass is 10.1. The van der Waals surface area contributed by atoms with Crippen molar-refractivity contribution in [3.63, 3.8) is 0 Å². The van der Waals surface area contributed by atoms with Gasteiger partial charge in [0.1, 0.15) is 5.25 Å². The largest absolute Gasteiger partial charge is 0.325 e. The minimum atomic E-state index is -0.361. The third kappa shape index (κ3) is 4.35. The molecule has 0 saturated heterocycles. The molecule has 0 radical (unpaired) electrons. The van der Waals surface area contributed by atoms with E-state index in [1.807, 2.05) is 78.9 Å². The van der Waals surface area contributed by atoms with Gasteiger partial charge in [-0.3, -0.25) is 9.59 Å². The van der Waals surface area contributed by atoms with Crippen LogP contribution in [0.25, 0.3) is 0 Å². The molecule has 1 aliphatic rings. The smallest absolute Gasteiger partial charge is 0.242 e. The number of thioether (sulfide) groups is 1. The molecule has 0 fully saturated rings. The molecule has 0 bridgehead atoms. The van der Waals surface area contributed by atoms with Gasteiger partial charge in [0.2, 0.25) is 11.8 Å². The maximum atomic E-state index is 13.2. The van der Waals surface area contributed by atoms with Crippen molar-refractivity contribution in [2.45, 2.75) is 23.5 Å². The lowest BCUT2D eigenvalue weighted by Gasteiger charge is -2.18. The van der Waals surface area contributed by atoms with E-state index in [9.17, 15) is 9.59 Å². The minimum absolute atomic E-state index is 0.0453. The van der Waals surface area contributed by atoms with E-state index in [0.717, 1.165) is 33.8 Å². The molecule has 0 aromatic heterocycles. The van der Waals surface area contributed by atoms with Gasteiger partial charge in [-0.2, -0.15) is 0 Å². The fraction of sp³-hybridized carbons (Fsp3) is 0.167. The van der Waals surface area contributed by atoms with Crippen molar-refractivity contribution in [1.82, 2.24) is 0 Å². The van der Waals surface area contributed by atoms with E-state index in [1.54, 1.807) is 11.8 Å². The van der Waals surface area contributed by atoms with Gasteiger partial charge in [-0.25, -0.2) is 0 Å². The van der Waals surface area contributed by atoms with E-state index in [4.69, 9.17) is 0 Å². The molecule has 1 N–H and O–H groups in total. The van der Waals surface area contributed by atoms with Gasteiger partial charge in [0.05, 0.1) is 0 Å². The Bertz CT molecular complexity index is 1020. The maximum absolute atomic E-state index is 13.2. The highest BCUT2D eigenvalue weighted by atomic mass is 32.2. The average Bonchev–Trinajstić information content (AvgIpc) is 3.17. The van der Waals surface area contributed by atoms with E-state index >= 15 is 0 Å². The summed E-state index contributed by atoms with van der Waals surface area (Å²) >= 11 is 1.53. The number of carbonyl (C=O) groups is 2. The predicted octanol–water partition coefficient (Wildman–Crippen LogP) is 5.07. The van der Waals surface area contributed by atoms with Crippen molar-refractivity contribution in [3.05, 3.63) is 90.0 Å². The molecular formula is C24H22N2O2S. The molecule has 1 heterocycles. The first-order valence-electron chi connectivity index (χ1n) is 9.60. The number of amides is 2. The molecular weight excluding hydrogens is 380 g/mol. The molecule has 1 atom stereocenters. The normalized spacial score (nSPS) is 13.6. The summed E-state index contributed by atoms with van der Waals surface area (Å²) in [7, 11) is 0. The van der Waals surface area contributed by atoms with Crippen LogP contribution in [0.15, 0.2) is 83.8 Å². The first kappa shape index (κ1) is 19.3. The topological polar surface area (TPSA) is 49.4 Å². The van der Waals surface area contributed by atoms with E-state index in [2.05, 4.69) is 5.32 Å². The summed E-state index contributed by atoms with van der Waals surface area (Å²) in [4.78, 5) is 27.8. The molecule has 4 nitrogen and oxygen atoms in total. The highest BCUT2D eigenvalue weighted by Gasteiger charge is 2.25. The van der Waals surface area contributed by atoms with E-state index < -0.39 is 0 Å². The number of nitrogens with zero attached hydrogens (tertiary/aromatic N) is 1. The molecule has 0 saturated carbocycles. The predicted molar refractivity (Wildman–Crippen MR) is 118 cm³/mol. The number of hydrogen-bond acceptors (Lipinski definition) is 3. The second-order valence-electron chi connectivity index (χ2n) is 6.98. The summed E-state index contributed by atoms with van der Waals surface area (Å²) in [5.74, 6) is -0.0182. The van der Waals surface area contributed by atoms with Crippen LogP contribution in [-0.2, 0) is 16.0 Å². The number of rotatable bonds is 5. The molecule has 2 amide bonds. The molecule has 0 spiro atoms. The van der Waals surface area contributed by atoms with Gasteiger partial charge in [-0.1, -0.05) is 48.5 Å². The van der Waals surface area contributed by atoms with Crippen molar-refractivity contribution in [2.75, 3.05) is 16.8 Å². The Labute approximate surface area is 174 Å². The Balaban J connectivity index is 1.56. The Morgan fingerprint density at radius 1 is 0.966 bits per heavy atom. The monoisotopic (exact) mass is 402 g/mol. The molecule has 4 rings (SSSR count). The summed E-state index contributed by atoms with van der Waals surface area (Å²) in [5.41, 5.74) is 3.75. The molecule has 1 aliphatic heterocycles. The second-order valence-corrected chi connectivity index (χ2v) is 8.15. The summed E-state index contributed by atoms with van der Waals surface area (Å²) in [6.07, 6.45) is 0.805. The molecule has 3 aromatic rings. The lowest BCUT2D eigenvalue weighted by Crippen LogP contribution is -2.25. The Hall–Kier alpha value is -3.05.